The topological polar surface area (TPSA) is 50.7 Å². The molecule has 1 aliphatic carbocycles. The van der Waals surface area contributed by atoms with Crippen LogP contribution in [0, 0.1) is 5.92 Å². The maximum absolute atomic E-state index is 11.0. The van der Waals surface area contributed by atoms with Gasteiger partial charge < -0.3 is 10.1 Å². The summed E-state index contributed by atoms with van der Waals surface area (Å²) in [5, 5.41) is 4.42. The molecule has 5 heteroatoms. The second-order valence-electron chi connectivity index (χ2n) is 5.07. The van der Waals surface area contributed by atoms with Crippen LogP contribution in [-0.2, 0) is 9.53 Å². The molecule has 0 bridgehead atoms. The molecule has 0 aromatic carbocycles. The van der Waals surface area contributed by atoms with Gasteiger partial charge in [-0.1, -0.05) is 18.7 Å². The highest BCUT2D eigenvalue weighted by atomic mass is 32.2. The molecule has 2 fully saturated rings. The van der Waals surface area contributed by atoms with Crippen molar-refractivity contribution in [2.24, 2.45) is 10.9 Å². The van der Waals surface area contributed by atoms with Crippen LogP contribution in [0.15, 0.2) is 4.99 Å². The fourth-order valence-electron chi connectivity index (χ4n) is 2.38. The molecule has 1 saturated heterocycles. The van der Waals surface area contributed by atoms with E-state index in [9.17, 15) is 4.79 Å². The van der Waals surface area contributed by atoms with E-state index in [1.165, 1.54) is 32.8 Å². The smallest absolute Gasteiger partial charge is 0.327 e. The van der Waals surface area contributed by atoms with Crippen molar-refractivity contribution in [2.75, 3.05) is 19.4 Å². The SMILES string of the molecule is COC(=O)CN=C1NC2(CCC(C)CC2)CS1. The summed E-state index contributed by atoms with van der Waals surface area (Å²) in [6.45, 7) is 2.44. The Morgan fingerprint density at radius 1 is 1.59 bits per heavy atom. The van der Waals surface area contributed by atoms with Gasteiger partial charge in [0.15, 0.2) is 5.17 Å². The summed E-state index contributed by atoms with van der Waals surface area (Å²) in [6, 6.07) is 0. The van der Waals surface area contributed by atoms with Crippen molar-refractivity contribution in [1.29, 1.82) is 0 Å². The second-order valence-corrected chi connectivity index (χ2v) is 6.04. The van der Waals surface area contributed by atoms with Gasteiger partial charge in [-0.05, 0) is 31.6 Å². The molecule has 0 amide bonds. The van der Waals surface area contributed by atoms with Crippen LogP contribution in [0.1, 0.15) is 32.6 Å². The number of thioether (sulfide) groups is 1. The molecule has 0 atom stereocenters. The van der Waals surface area contributed by atoms with Gasteiger partial charge in [0.2, 0.25) is 0 Å². The van der Waals surface area contributed by atoms with Crippen molar-refractivity contribution in [2.45, 2.75) is 38.1 Å². The van der Waals surface area contributed by atoms with E-state index >= 15 is 0 Å². The zero-order chi connectivity index (χ0) is 12.3. The number of nitrogens with one attached hydrogen (secondary N) is 1. The van der Waals surface area contributed by atoms with Crippen LogP contribution in [0.5, 0.6) is 0 Å². The average Bonchev–Trinajstić information content (AvgIpc) is 2.74. The highest BCUT2D eigenvalue weighted by Gasteiger charge is 2.39. The zero-order valence-electron chi connectivity index (χ0n) is 10.5. The van der Waals surface area contributed by atoms with Crippen molar-refractivity contribution < 1.29 is 9.53 Å². The predicted octanol–water partition coefficient (Wildman–Crippen LogP) is 1.80. The normalized spacial score (nSPS) is 34.9. The van der Waals surface area contributed by atoms with Crippen LogP contribution in [0.2, 0.25) is 0 Å². The van der Waals surface area contributed by atoms with Crippen molar-refractivity contribution in [3.05, 3.63) is 0 Å². The molecule has 1 heterocycles. The number of carbonyl (C=O) groups is 1. The molecule has 0 aromatic heterocycles. The lowest BCUT2D eigenvalue weighted by Crippen LogP contribution is -2.46. The highest BCUT2D eigenvalue weighted by molar-refractivity contribution is 8.14. The lowest BCUT2D eigenvalue weighted by Gasteiger charge is -2.35. The molecule has 96 valence electrons. The number of ether oxygens (including phenoxy) is 1. The van der Waals surface area contributed by atoms with E-state index < -0.39 is 0 Å². The minimum absolute atomic E-state index is 0.123. The Kier molecular flexibility index (Phi) is 3.97. The summed E-state index contributed by atoms with van der Waals surface area (Å²) in [5.74, 6) is 1.65. The second kappa shape index (κ2) is 5.29. The minimum atomic E-state index is -0.280. The molecular formula is C12H20N2O2S. The number of rotatable bonds is 2. The van der Waals surface area contributed by atoms with Crippen molar-refractivity contribution in [3.63, 3.8) is 0 Å². The fourth-order valence-corrected chi connectivity index (χ4v) is 3.59. The maximum atomic E-state index is 11.0. The molecular weight excluding hydrogens is 236 g/mol. The number of esters is 1. The zero-order valence-corrected chi connectivity index (χ0v) is 11.3. The number of carbonyl (C=O) groups excluding carboxylic acids is 1. The molecule has 4 nitrogen and oxygen atoms in total. The first kappa shape index (κ1) is 12.7. The standard InChI is InChI=1S/C12H20N2O2S/c1-9-3-5-12(6-4-9)8-17-11(14-12)13-7-10(15)16-2/h9H,3-8H2,1-2H3,(H,13,14). The first-order chi connectivity index (χ1) is 8.13. The molecule has 0 aromatic rings. The third-order valence-electron chi connectivity index (χ3n) is 3.67. The first-order valence-corrected chi connectivity index (χ1v) is 7.14. The van der Waals surface area contributed by atoms with Gasteiger partial charge in [-0.25, -0.2) is 0 Å². The van der Waals surface area contributed by atoms with Crippen LogP contribution < -0.4 is 5.32 Å². The van der Waals surface area contributed by atoms with Gasteiger partial charge in [-0.3, -0.25) is 9.79 Å². The van der Waals surface area contributed by atoms with E-state index in [4.69, 9.17) is 0 Å². The number of aliphatic imine (C=N–C) groups is 1. The van der Waals surface area contributed by atoms with E-state index in [1.54, 1.807) is 11.8 Å². The number of methoxy groups -OCH3 is 1. The highest BCUT2D eigenvalue weighted by Crippen LogP contribution is 2.38. The van der Waals surface area contributed by atoms with Crippen LogP contribution in [0.4, 0.5) is 0 Å². The van der Waals surface area contributed by atoms with Crippen LogP contribution in [0.3, 0.4) is 0 Å². The monoisotopic (exact) mass is 256 g/mol. The summed E-state index contributed by atoms with van der Waals surface area (Å²) >= 11 is 1.73. The minimum Gasteiger partial charge on any atom is -0.468 e. The van der Waals surface area contributed by atoms with Gasteiger partial charge in [0, 0.05) is 11.3 Å². The third kappa shape index (κ3) is 3.15. The van der Waals surface area contributed by atoms with Gasteiger partial charge in [0.05, 0.1) is 7.11 Å². The molecule has 1 spiro atoms. The average molecular weight is 256 g/mol. The van der Waals surface area contributed by atoms with E-state index in [2.05, 4.69) is 22.0 Å². The summed E-state index contributed by atoms with van der Waals surface area (Å²) in [6.07, 6.45) is 5.02. The Morgan fingerprint density at radius 2 is 2.29 bits per heavy atom. The lowest BCUT2D eigenvalue weighted by atomic mass is 9.78. The Balaban J connectivity index is 1.88. The molecule has 2 aliphatic rings. The van der Waals surface area contributed by atoms with Crippen molar-refractivity contribution in [3.8, 4) is 0 Å². The van der Waals surface area contributed by atoms with E-state index in [1.807, 2.05) is 0 Å². The Labute approximate surface area is 107 Å². The Morgan fingerprint density at radius 3 is 2.94 bits per heavy atom. The molecule has 1 N–H and O–H groups in total. The van der Waals surface area contributed by atoms with Crippen molar-refractivity contribution >= 4 is 22.9 Å². The molecule has 1 saturated carbocycles. The van der Waals surface area contributed by atoms with E-state index in [0.29, 0.717) is 0 Å². The van der Waals surface area contributed by atoms with E-state index in [-0.39, 0.29) is 18.1 Å². The quantitative estimate of drug-likeness (QED) is 0.765. The van der Waals surface area contributed by atoms with Gasteiger partial charge in [0.25, 0.3) is 0 Å². The summed E-state index contributed by atoms with van der Waals surface area (Å²) in [4.78, 5) is 15.3. The van der Waals surface area contributed by atoms with Crippen LogP contribution in [0.25, 0.3) is 0 Å². The van der Waals surface area contributed by atoms with Crippen LogP contribution in [-0.4, -0.2) is 36.1 Å². The molecule has 0 radical (unpaired) electrons. The Bertz CT molecular complexity index is 322. The number of hydrogen-bond donors (Lipinski definition) is 1. The number of hydrogen-bond acceptors (Lipinski definition) is 4. The van der Waals surface area contributed by atoms with Crippen LogP contribution >= 0.6 is 11.8 Å². The summed E-state index contributed by atoms with van der Waals surface area (Å²) in [7, 11) is 1.39. The summed E-state index contributed by atoms with van der Waals surface area (Å²) < 4.78 is 4.58. The predicted molar refractivity (Wildman–Crippen MR) is 70.3 cm³/mol. The van der Waals surface area contributed by atoms with E-state index in [0.717, 1.165) is 16.8 Å². The first-order valence-electron chi connectivity index (χ1n) is 6.16. The number of amidine groups is 1. The summed E-state index contributed by atoms with van der Waals surface area (Å²) in [5.41, 5.74) is 0.242. The number of nitrogens with zero attached hydrogens (tertiary/aromatic N) is 1. The molecule has 1 aliphatic heterocycles. The van der Waals surface area contributed by atoms with Gasteiger partial charge in [-0.15, -0.1) is 0 Å². The Hall–Kier alpha value is -0.710. The van der Waals surface area contributed by atoms with Crippen molar-refractivity contribution in [1.82, 2.24) is 5.32 Å². The van der Waals surface area contributed by atoms with Gasteiger partial charge in [0.1, 0.15) is 6.54 Å². The fraction of sp³-hybridized carbons (Fsp3) is 0.833. The third-order valence-corrected chi connectivity index (χ3v) is 4.87. The lowest BCUT2D eigenvalue weighted by molar-refractivity contribution is -0.138. The largest absolute Gasteiger partial charge is 0.468 e. The maximum Gasteiger partial charge on any atom is 0.327 e. The van der Waals surface area contributed by atoms with Gasteiger partial charge >= 0.3 is 5.97 Å². The molecule has 0 unspecified atom stereocenters. The molecule has 17 heavy (non-hydrogen) atoms. The molecule has 2 rings (SSSR count). The van der Waals surface area contributed by atoms with Gasteiger partial charge in [-0.2, -0.15) is 0 Å².